The monoisotopic (exact) mass is 400 g/mol. The number of nitrogens with zero attached hydrogens (tertiary/aromatic N) is 1. The number of primary amides is 1. The van der Waals surface area contributed by atoms with Gasteiger partial charge in [-0.15, -0.1) is 0 Å². The van der Waals surface area contributed by atoms with E-state index in [-0.39, 0.29) is 18.0 Å². The molecule has 1 aromatic carbocycles. The van der Waals surface area contributed by atoms with E-state index in [1.807, 2.05) is 13.0 Å². The fourth-order valence-electron chi connectivity index (χ4n) is 2.24. The summed E-state index contributed by atoms with van der Waals surface area (Å²) in [5.41, 5.74) is 7.87. The lowest BCUT2D eigenvalue weighted by molar-refractivity contribution is -0.117. The van der Waals surface area contributed by atoms with Gasteiger partial charge < -0.3 is 10.3 Å². The quantitative estimate of drug-likeness (QED) is 0.588. The average molecular weight is 401 g/mol. The van der Waals surface area contributed by atoms with Gasteiger partial charge >= 0.3 is 0 Å². The summed E-state index contributed by atoms with van der Waals surface area (Å²) in [6.07, 6.45) is 0.116. The van der Waals surface area contributed by atoms with Crippen LogP contribution in [0.2, 0.25) is 5.02 Å². The first-order chi connectivity index (χ1) is 12.0. The van der Waals surface area contributed by atoms with Crippen LogP contribution in [0.5, 0.6) is 0 Å². The highest BCUT2D eigenvalue weighted by atomic mass is 35.5. The first-order valence-electron chi connectivity index (χ1n) is 7.65. The molecule has 7 nitrogen and oxygen atoms in total. The third-order valence-electron chi connectivity index (χ3n) is 3.56. The standard InChI is InChI=1S/C15H15ClN2O2.C2H6O3S/c1-9-7-12(8-13(17)19)18(2)14(9)15(20)10-3-5-11(16)6-4-10;1-2-6(3,4)5/h3-7H,8H2,1-2H3,(H2,17,19);2H2,1H3,(H,3,4,5). The molecule has 3 N–H and O–H groups in total. The molecule has 1 heterocycles. The Bertz CT molecular complexity index is 902. The van der Waals surface area contributed by atoms with Crippen molar-refractivity contribution in [3.63, 3.8) is 0 Å². The molecule has 0 aliphatic rings. The molecule has 1 aromatic heterocycles. The van der Waals surface area contributed by atoms with Gasteiger partial charge in [-0.2, -0.15) is 8.42 Å². The zero-order valence-corrected chi connectivity index (χ0v) is 16.3. The summed E-state index contributed by atoms with van der Waals surface area (Å²) in [4.78, 5) is 23.5. The van der Waals surface area contributed by atoms with Crippen molar-refractivity contribution in [2.75, 3.05) is 5.75 Å². The van der Waals surface area contributed by atoms with Gasteiger partial charge in [0.05, 0.1) is 17.9 Å². The van der Waals surface area contributed by atoms with Crippen molar-refractivity contribution in [2.45, 2.75) is 20.3 Å². The van der Waals surface area contributed by atoms with Crippen molar-refractivity contribution in [3.8, 4) is 0 Å². The molecule has 0 spiro atoms. The van der Waals surface area contributed by atoms with E-state index in [0.717, 1.165) is 11.3 Å². The molecular weight excluding hydrogens is 380 g/mol. The average Bonchev–Trinajstić information content (AvgIpc) is 2.80. The Morgan fingerprint density at radius 2 is 1.73 bits per heavy atom. The Morgan fingerprint density at radius 1 is 1.23 bits per heavy atom. The summed E-state index contributed by atoms with van der Waals surface area (Å²) in [6.45, 7) is 3.21. The fourth-order valence-corrected chi connectivity index (χ4v) is 2.37. The summed E-state index contributed by atoms with van der Waals surface area (Å²) in [6, 6.07) is 8.54. The van der Waals surface area contributed by atoms with Crippen molar-refractivity contribution < 1.29 is 22.6 Å². The van der Waals surface area contributed by atoms with Crippen LogP contribution in [-0.2, 0) is 28.4 Å². The first kappa shape index (κ1) is 21.9. The van der Waals surface area contributed by atoms with Gasteiger partial charge in [0.1, 0.15) is 0 Å². The molecule has 0 unspecified atom stereocenters. The molecule has 1 amide bonds. The lowest BCUT2D eigenvalue weighted by Crippen LogP contribution is -2.17. The van der Waals surface area contributed by atoms with Crippen molar-refractivity contribution in [3.05, 3.63) is 57.9 Å². The van der Waals surface area contributed by atoms with Crippen molar-refractivity contribution in [2.24, 2.45) is 12.8 Å². The Hall–Kier alpha value is -2.16. The van der Waals surface area contributed by atoms with Crippen LogP contribution in [0.15, 0.2) is 30.3 Å². The van der Waals surface area contributed by atoms with Crippen molar-refractivity contribution in [1.82, 2.24) is 4.57 Å². The number of carbonyl (C=O) groups is 2. The molecule has 0 saturated carbocycles. The number of ketones is 1. The number of hydrogen-bond donors (Lipinski definition) is 2. The van der Waals surface area contributed by atoms with Crippen LogP contribution in [0.4, 0.5) is 0 Å². The van der Waals surface area contributed by atoms with Gasteiger partial charge in [-0.1, -0.05) is 11.6 Å². The smallest absolute Gasteiger partial charge is 0.264 e. The molecule has 0 atom stereocenters. The van der Waals surface area contributed by atoms with Gasteiger partial charge in [0.25, 0.3) is 10.1 Å². The van der Waals surface area contributed by atoms with Crippen LogP contribution >= 0.6 is 11.6 Å². The Morgan fingerprint density at radius 3 is 2.15 bits per heavy atom. The molecule has 2 aromatic rings. The summed E-state index contributed by atoms with van der Waals surface area (Å²) < 4.78 is 28.6. The number of rotatable bonds is 5. The Kier molecular flexibility index (Phi) is 7.55. The molecule has 0 bridgehead atoms. The van der Waals surface area contributed by atoms with Crippen LogP contribution in [0, 0.1) is 6.92 Å². The second-order valence-electron chi connectivity index (χ2n) is 5.58. The van der Waals surface area contributed by atoms with E-state index in [0.29, 0.717) is 16.3 Å². The molecule has 0 aliphatic heterocycles. The number of carbonyl (C=O) groups excluding carboxylic acids is 2. The molecular formula is C17H21ClN2O5S. The van der Waals surface area contributed by atoms with E-state index in [1.54, 1.807) is 35.9 Å². The maximum Gasteiger partial charge on any atom is 0.264 e. The zero-order chi connectivity index (χ0) is 20.1. The topological polar surface area (TPSA) is 119 Å². The third kappa shape index (κ3) is 6.29. The van der Waals surface area contributed by atoms with Gasteiger partial charge in [-0.25, -0.2) is 0 Å². The van der Waals surface area contributed by atoms with Crippen molar-refractivity contribution >= 4 is 33.4 Å². The molecule has 0 fully saturated rings. The maximum absolute atomic E-state index is 12.5. The third-order valence-corrected chi connectivity index (χ3v) is 4.55. The lowest BCUT2D eigenvalue weighted by Gasteiger charge is -2.07. The van der Waals surface area contributed by atoms with Crippen LogP contribution in [0.25, 0.3) is 0 Å². The molecule has 0 aliphatic carbocycles. The van der Waals surface area contributed by atoms with Crippen LogP contribution in [0.1, 0.15) is 34.2 Å². The lowest BCUT2D eigenvalue weighted by atomic mass is 10.1. The van der Waals surface area contributed by atoms with Crippen molar-refractivity contribution in [1.29, 1.82) is 0 Å². The highest BCUT2D eigenvalue weighted by molar-refractivity contribution is 7.85. The number of nitrogens with two attached hydrogens (primary N) is 1. The van der Waals surface area contributed by atoms with E-state index in [4.69, 9.17) is 21.9 Å². The molecule has 9 heteroatoms. The largest absolute Gasteiger partial charge is 0.369 e. The predicted octanol–water partition coefficient (Wildman–Crippen LogP) is 2.14. The SMILES string of the molecule is CCS(=O)(=O)O.Cc1cc(CC(N)=O)n(C)c1C(=O)c1ccc(Cl)cc1. The summed E-state index contributed by atoms with van der Waals surface area (Å²) in [5.74, 6) is -0.721. The molecule has 0 radical (unpaired) electrons. The predicted molar refractivity (Wildman–Crippen MR) is 100 cm³/mol. The van der Waals surface area contributed by atoms with Crippen LogP contribution in [0.3, 0.4) is 0 Å². The molecule has 0 saturated heterocycles. The summed E-state index contributed by atoms with van der Waals surface area (Å²) in [7, 11) is -1.90. The summed E-state index contributed by atoms with van der Waals surface area (Å²) >= 11 is 5.82. The van der Waals surface area contributed by atoms with Gasteiger partial charge in [0.15, 0.2) is 0 Å². The minimum Gasteiger partial charge on any atom is -0.369 e. The maximum atomic E-state index is 12.5. The Balaban J connectivity index is 0.000000487. The fraction of sp³-hybridized carbons (Fsp3) is 0.294. The van der Waals surface area contributed by atoms with Crippen LogP contribution in [-0.4, -0.2) is 35.0 Å². The minimum absolute atomic E-state index is 0.0996. The zero-order valence-electron chi connectivity index (χ0n) is 14.7. The number of halogens is 1. The highest BCUT2D eigenvalue weighted by Gasteiger charge is 2.19. The molecule has 142 valence electrons. The number of hydrogen-bond acceptors (Lipinski definition) is 4. The second-order valence-corrected chi connectivity index (χ2v) is 7.75. The number of amides is 1. The van der Waals surface area contributed by atoms with Crippen LogP contribution < -0.4 is 5.73 Å². The van der Waals surface area contributed by atoms with E-state index >= 15 is 0 Å². The van der Waals surface area contributed by atoms with Gasteiger partial charge in [-0.05, 0) is 49.7 Å². The molecule has 2 rings (SSSR count). The molecule has 26 heavy (non-hydrogen) atoms. The van der Waals surface area contributed by atoms with E-state index in [2.05, 4.69) is 0 Å². The van der Waals surface area contributed by atoms with E-state index in [1.165, 1.54) is 6.92 Å². The second kappa shape index (κ2) is 8.98. The Labute approximate surface area is 157 Å². The van der Waals surface area contributed by atoms with E-state index in [9.17, 15) is 18.0 Å². The number of aryl methyl sites for hydroxylation is 1. The number of benzene rings is 1. The van der Waals surface area contributed by atoms with Gasteiger partial charge in [0, 0.05) is 23.3 Å². The van der Waals surface area contributed by atoms with Gasteiger partial charge in [-0.3, -0.25) is 14.1 Å². The van der Waals surface area contributed by atoms with Gasteiger partial charge in [0.2, 0.25) is 11.7 Å². The van der Waals surface area contributed by atoms with E-state index < -0.39 is 16.0 Å². The normalized spacial score (nSPS) is 10.8. The number of aromatic nitrogens is 1. The first-order valence-corrected chi connectivity index (χ1v) is 9.63. The highest BCUT2D eigenvalue weighted by Crippen LogP contribution is 2.20. The minimum atomic E-state index is -3.66. The summed E-state index contributed by atoms with van der Waals surface area (Å²) in [5, 5.41) is 0.583.